The zero-order valence-electron chi connectivity index (χ0n) is 18.8. The summed E-state index contributed by atoms with van der Waals surface area (Å²) in [5, 5.41) is 0. The first-order chi connectivity index (χ1) is 13.7. The maximum absolute atomic E-state index is 6.44. The molecule has 0 atom stereocenters. The summed E-state index contributed by atoms with van der Waals surface area (Å²) in [6.07, 6.45) is 30.1. The molecule has 0 amide bonds. The second kappa shape index (κ2) is 11.9. The third kappa shape index (κ3) is 7.01. The van der Waals surface area contributed by atoms with Gasteiger partial charge in [-0.15, -0.1) is 0 Å². The van der Waals surface area contributed by atoms with Crippen molar-refractivity contribution >= 4 is 0 Å². The van der Waals surface area contributed by atoms with Gasteiger partial charge in [0.05, 0.1) is 5.66 Å². The fraction of sp³-hybridized carbons (Fsp3) is 1.00. The predicted molar refractivity (Wildman–Crippen MR) is 122 cm³/mol. The molecule has 0 aromatic rings. The van der Waals surface area contributed by atoms with Crippen molar-refractivity contribution in [2.24, 2.45) is 35.1 Å². The monoisotopic (exact) mass is 390 g/mol. The maximum atomic E-state index is 6.44. The second-order valence-electron chi connectivity index (χ2n) is 10.9. The van der Waals surface area contributed by atoms with Gasteiger partial charge < -0.3 is 11.5 Å². The molecule has 0 radical (unpaired) electrons. The van der Waals surface area contributed by atoms with Crippen molar-refractivity contribution in [3.05, 3.63) is 0 Å². The van der Waals surface area contributed by atoms with Gasteiger partial charge in [-0.1, -0.05) is 103 Å². The Kier molecular flexibility index (Phi) is 9.64. The maximum Gasteiger partial charge on any atom is 0.0694 e. The van der Waals surface area contributed by atoms with Crippen molar-refractivity contribution in [3.63, 3.8) is 0 Å². The van der Waals surface area contributed by atoms with Crippen LogP contribution >= 0.6 is 0 Å². The molecule has 0 aliphatic heterocycles. The molecular weight excluding hydrogens is 340 g/mol. The van der Waals surface area contributed by atoms with Crippen molar-refractivity contribution < 1.29 is 0 Å². The zero-order chi connectivity index (χ0) is 19.7. The summed E-state index contributed by atoms with van der Waals surface area (Å²) in [5.74, 6) is 3.43. The molecule has 2 nitrogen and oxygen atoms in total. The first kappa shape index (κ1) is 22.6. The summed E-state index contributed by atoms with van der Waals surface area (Å²) in [7, 11) is 0. The van der Waals surface area contributed by atoms with Crippen LogP contribution in [0.3, 0.4) is 0 Å². The summed E-state index contributed by atoms with van der Waals surface area (Å²) >= 11 is 0. The van der Waals surface area contributed by atoms with Crippen LogP contribution in [0.1, 0.15) is 135 Å². The summed E-state index contributed by atoms with van der Waals surface area (Å²) in [4.78, 5) is 0. The summed E-state index contributed by atoms with van der Waals surface area (Å²) in [5.41, 5.74) is 12.5. The Balaban J connectivity index is 0.000000162. The molecule has 4 saturated carbocycles. The Hall–Kier alpha value is -0.0800. The molecule has 28 heavy (non-hydrogen) atoms. The Morgan fingerprint density at radius 2 is 0.714 bits per heavy atom. The normalized spacial score (nSPS) is 27.2. The lowest BCUT2D eigenvalue weighted by Crippen LogP contribution is -2.61. The van der Waals surface area contributed by atoms with Crippen LogP contribution in [0.4, 0.5) is 0 Å². The Bertz CT molecular complexity index is 359. The quantitative estimate of drug-likeness (QED) is 0.495. The fourth-order valence-electron chi connectivity index (χ4n) is 6.86. The van der Waals surface area contributed by atoms with E-state index in [1.165, 1.54) is 103 Å². The van der Waals surface area contributed by atoms with Crippen LogP contribution in [0.15, 0.2) is 0 Å². The van der Waals surface area contributed by atoms with Crippen LogP contribution in [0, 0.1) is 23.7 Å². The summed E-state index contributed by atoms with van der Waals surface area (Å²) in [6, 6.07) is 0. The number of hydrogen-bond acceptors (Lipinski definition) is 2. The van der Waals surface area contributed by atoms with Gasteiger partial charge in [0.2, 0.25) is 0 Å². The molecule has 4 rings (SSSR count). The molecule has 0 unspecified atom stereocenters. The molecule has 0 heterocycles. The molecule has 4 N–H and O–H groups in total. The first-order valence-corrected chi connectivity index (χ1v) is 13.2. The van der Waals surface area contributed by atoms with Gasteiger partial charge in [-0.3, -0.25) is 0 Å². The van der Waals surface area contributed by atoms with Gasteiger partial charge in [0.25, 0.3) is 0 Å². The SMILES string of the molecule is C1CCC(CC2CCCCC2)CC1.NC(N)(C1CCCCC1)C1CCCCC1. The molecule has 0 spiro atoms. The molecule has 0 aromatic heterocycles. The van der Waals surface area contributed by atoms with Gasteiger partial charge in [-0.05, 0) is 55.8 Å². The lowest BCUT2D eigenvalue weighted by Gasteiger charge is -2.44. The van der Waals surface area contributed by atoms with E-state index in [-0.39, 0.29) is 5.66 Å². The average molecular weight is 391 g/mol. The van der Waals surface area contributed by atoms with E-state index >= 15 is 0 Å². The van der Waals surface area contributed by atoms with E-state index in [4.69, 9.17) is 11.5 Å². The second-order valence-corrected chi connectivity index (χ2v) is 10.9. The van der Waals surface area contributed by atoms with Crippen LogP contribution < -0.4 is 11.5 Å². The van der Waals surface area contributed by atoms with Crippen molar-refractivity contribution in [1.29, 1.82) is 0 Å². The molecular formula is C26H50N2. The Morgan fingerprint density at radius 1 is 0.429 bits per heavy atom. The zero-order valence-corrected chi connectivity index (χ0v) is 18.8. The third-order valence-corrected chi connectivity index (χ3v) is 8.74. The molecule has 2 heteroatoms. The van der Waals surface area contributed by atoms with Gasteiger partial charge in [-0.25, -0.2) is 0 Å². The van der Waals surface area contributed by atoms with E-state index in [9.17, 15) is 0 Å². The van der Waals surface area contributed by atoms with E-state index in [2.05, 4.69) is 0 Å². The average Bonchev–Trinajstić information content (AvgIpc) is 2.77. The van der Waals surface area contributed by atoms with Crippen LogP contribution in [0.2, 0.25) is 0 Å². The highest BCUT2D eigenvalue weighted by molar-refractivity contribution is 4.94. The van der Waals surface area contributed by atoms with E-state index in [1.807, 2.05) is 0 Å². The lowest BCUT2D eigenvalue weighted by molar-refractivity contribution is 0.111. The largest absolute Gasteiger partial charge is 0.313 e. The van der Waals surface area contributed by atoms with Crippen molar-refractivity contribution in [3.8, 4) is 0 Å². The van der Waals surface area contributed by atoms with Crippen molar-refractivity contribution in [1.82, 2.24) is 0 Å². The van der Waals surface area contributed by atoms with Crippen molar-refractivity contribution in [2.75, 3.05) is 0 Å². The number of hydrogen-bond donors (Lipinski definition) is 2. The van der Waals surface area contributed by atoms with E-state index in [0.717, 1.165) is 11.8 Å². The summed E-state index contributed by atoms with van der Waals surface area (Å²) in [6.45, 7) is 0. The topological polar surface area (TPSA) is 52.0 Å². The summed E-state index contributed by atoms with van der Waals surface area (Å²) < 4.78 is 0. The van der Waals surface area contributed by atoms with Crippen molar-refractivity contribution in [2.45, 2.75) is 141 Å². The highest BCUT2D eigenvalue weighted by Crippen LogP contribution is 2.38. The Morgan fingerprint density at radius 3 is 1.04 bits per heavy atom. The van der Waals surface area contributed by atoms with Gasteiger partial charge in [0.15, 0.2) is 0 Å². The standard InChI is InChI=1S/C13H26N2.C13H24/c14-13(15,11-7-3-1-4-8-11)12-9-5-2-6-10-12;1-3-7-12(8-4-1)11-13-9-5-2-6-10-13/h11-12H,1-10,14-15H2;12-13H,1-11H2. The van der Waals surface area contributed by atoms with Gasteiger partial charge in [0, 0.05) is 0 Å². The molecule has 4 aliphatic carbocycles. The van der Waals surface area contributed by atoms with Gasteiger partial charge in [-0.2, -0.15) is 0 Å². The van der Waals surface area contributed by atoms with Crippen LogP contribution in [-0.2, 0) is 0 Å². The minimum absolute atomic E-state index is 0.360. The molecule has 0 aromatic carbocycles. The smallest absolute Gasteiger partial charge is 0.0694 e. The first-order valence-electron chi connectivity index (χ1n) is 13.2. The van der Waals surface area contributed by atoms with Gasteiger partial charge >= 0.3 is 0 Å². The molecule has 164 valence electrons. The molecule has 4 fully saturated rings. The highest BCUT2D eigenvalue weighted by Gasteiger charge is 2.39. The predicted octanol–water partition coefficient (Wildman–Crippen LogP) is 7.30. The molecule has 0 bridgehead atoms. The third-order valence-electron chi connectivity index (χ3n) is 8.74. The van der Waals surface area contributed by atoms with Crippen LogP contribution in [0.25, 0.3) is 0 Å². The Labute approximate surface area is 176 Å². The minimum atomic E-state index is -0.360. The minimum Gasteiger partial charge on any atom is -0.313 e. The fourth-order valence-corrected chi connectivity index (χ4v) is 6.86. The van der Waals surface area contributed by atoms with E-state index in [0.29, 0.717) is 11.8 Å². The number of rotatable bonds is 4. The van der Waals surface area contributed by atoms with E-state index < -0.39 is 0 Å². The van der Waals surface area contributed by atoms with E-state index in [1.54, 1.807) is 32.1 Å². The number of nitrogens with two attached hydrogens (primary N) is 2. The van der Waals surface area contributed by atoms with Crippen LogP contribution in [-0.4, -0.2) is 5.66 Å². The molecule has 0 saturated heterocycles. The lowest BCUT2D eigenvalue weighted by atomic mass is 9.70. The molecule has 4 aliphatic rings. The highest BCUT2D eigenvalue weighted by atomic mass is 15.0. The van der Waals surface area contributed by atoms with Gasteiger partial charge in [0.1, 0.15) is 0 Å². The van der Waals surface area contributed by atoms with Crippen LogP contribution in [0.5, 0.6) is 0 Å².